The fourth-order valence-electron chi connectivity index (χ4n) is 1.13. The van der Waals surface area contributed by atoms with Crippen LogP contribution in [-0.4, -0.2) is 9.78 Å². The number of nitrogens with zero attached hydrogens (tertiary/aromatic N) is 2. The van der Waals surface area contributed by atoms with Crippen LogP contribution < -0.4 is 0 Å². The average molecular weight is 162 g/mol. The fourth-order valence-corrected chi connectivity index (χ4v) is 1.13. The lowest BCUT2D eigenvalue weighted by Gasteiger charge is -2.07. The molecule has 0 aliphatic rings. The highest BCUT2D eigenvalue weighted by atomic mass is 15.3. The smallest absolute Gasteiger partial charge is 0.0508 e. The molecule has 0 aliphatic heterocycles. The van der Waals surface area contributed by atoms with Crippen LogP contribution in [0.5, 0.6) is 0 Å². The second kappa shape index (κ2) is 3.96. The molecule has 1 rings (SSSR count). The molecule has 12 heavy (non-hydrogen) atoms. The molecule has 0 aromatic carbocycles. The number of aromatic nitrogens is 2. The first kappa shape index (κ1) is 8.86. The Bertz CT molecular complexity index is 278. The second-order valence-corrected chi connectivity index (χ2v) is 3.28. The molecule has 64 valence electrons. The van der Waals surface area contributed by atoms with Crippen LogP contribution in [0.25, 0.3) is 0 Å². The topological polar surface area (TPSA) is 17.8 Å². The van der Waals surface area contributed by atoms with Crippen molar-refractivity contribution in [2.45, 2.75) is 26.8 Å². The summed E-state index contributed by atoms with van der Waals surface area (Å²) in [5, 5.41) is 4.20. The lowest BCUT2D eigenvalue weighted by Crippen LogP contribution is -2.09. The van der Waals surface area contributed by atoms with Crippen molar-refractivity contribution in [1.82, 2.24) is 9.78 Å². The third-order valence-corrected chi connectivity index (χ3v) is 1.63. The molecule has 1 heterocycles. The van der Waals surface area contributed by atoms with E-state index in [1.807, 2.05) is 10.7 Å². The maximum atomic E-state index is 5.23. The van der Waals surface area contributed by atoms with Gasteiger partial charge in [0, 0.05) is 12.7 Å². The Morgan fingerprint density at radius 2 is 2.42 bits per heavy atom. The van der Waals surface area contributed by atoms with Crippen LogP contribution in [0.3, 0.4) is 0 Å². The molecule has 0 saturated carbocycles. The molecule has 0 N–H and O–H groups in total. The Labute approximate surface area is 73.6 Å². The second-order valence-electron chi connectivity index (χ2n) is 3.28. The van der Waals surface area contributed by atoms with E-state index in [0.717, 1.165) is 12.2 Å². The van der Waals surface area contributed by atoms with E-state index in [-0.39, 0.29) is 0 Å². The monoisotopic (exact) mass is 162 g/mol. The summed E-state index contributed by atoms with van der Waals surface area (Å²) in [6.45, 7) is 5.28. The number of rotatable bonds is 3. The Balaban J connectivity index is 2.71. The van der Waals surface area contributed by atoms with Crippen molar-refractivity contribution in [3.05, 3.63) is 18.0 Å². The van der Waals surface area contributed by atoms with Crippen molar-refractivity contribution in [2.24, 2.45) is 5.92 Å². The van der Waals surface area contributed by atoms with Gasteiger partial charge in [0.2, 0.25) is 0 Å². The largest absolute Gasteiger partial charge is 0.268 e. The van der Waals surface area contributed by atoms with E-state index in [1.165, 1.54) is 0 Å². The zero-order chi connectivity index (χ0) is 8.97. The molecule has 0 radical (unpaired) electrons. The first-order valence-electron chi connectivity index (χ1n) is 4.18. The van der Waals surface area contributed by atoms with Gasteiger partial charge in [-0.3, -0.25) is 4.68 Å². The van der Waals surface area contributed by atoms with Crippen molar-refractivity contribution in [2.75, 3.05) is 0 Å². The molecule has 0 atom stereocenters. The highest BCUT2D eigenvalue weighted by molar-refractivity contribution is 5.08. The van der Waals surface area contributed by atoms with E-state index < -0.39 is 0 Å². The van der Waals surface area contributed by atoms with Gasteiger partial charge < -0.3 is 0 Å². The van der Waals surface area contributed by atoms with E-state index in [2.05, 4.69) is 24.9 Å². The first-order chi connectivity index (χ1) is 5.74. The van der Waals surface area contributed by atoms with Crippen LogP contribution in [0, 0.1) is 18.3 Å². The molecule has 0 unspecified atom stereocenters. The SMILES string of the molecule is C#CCc1ccnn1CC(C)C. The molecule has 0 bridgehead atoms. The summed E-state index contributed by atoms with van der Waals surface area (Å²) in [4.78, 5) is 0. The number of hydrogen-bond acceptors (Lipinski definition) is 1. The summed E-state index contributed by atoms with van der Waals surface area (Å²) in [6, 6.07) is 1.97. The van der Waals surface area contributed by atoms with E-state index in [9.17, 15) is 0 Å². The minimum Gasteiger partial charge on any atom is -0.268 e. The van der Waals surface area contributed by atoms with Gasteiger partial charge in [-0.15, -0.1) is 12.3 Å². The van der Waals surface area contributed by atoms with Crippen molar-refractivity contribution in [1.29, 1.82) is 0 Å². The zero-order valence-electron chi connectivity index (χ0n) is 7.62. The lowest BCUT2D eigenvalue weighted by atomic mass is 10.2. The highest BCUT2D eigenvalue weighted by Gasteiger charge is 2.01. The molecule has 1 aromatic rings. The quantitative estimate of drug-likeness (QED) is 0.619. The number of hydrogen-bond donors (Lipinski definition) is 0. The minimum atomic E-state index is 0.612. The minimum absolute atomic E-state index is 0.612. The van der Waals surface area contributed by atoms with Gasteiger partial charge in [-0.05, 0) is 12.0 Å². The highest BCUT2D eigenvalue weighted by Crippen LogP contribution is 2.03. The molecular weight excluding hydrogens is 148 g/mol. The summed E-state index contributed by atoms with van der Waals surface area (Å²) in [7, 11) is 0. The zero-order valence-corrected chi connectivity index (χ0v) is 7.62. The van der Waals surface area contributed by atoms with Crippen LogP contribution in [0.15, 0.2) is 12.3 Å². The fraction of sp³-hybridized carbons (Fsp3) is 0.500. The van der Waals surface area contributed by atoms with E-state index in [1.54, 1.807) is 6.20 Å². The van der Waals surface area contributed by atoms with Gasteiger partial charge in [0.25, 0.3) is 0 Å². The summed E-state index contributed by atoms with van der Waals surface area (Å²) >= 11 is 0. The van der Waals surface area contributed by atoms with Crippen LogP contribution in [0.2, 0.25) is 0 Å². The van der Waals surface area contributed by atoms with Gasteiger partial charge in [-0.25, -0.2) is 0 Å². The van der Waals surface area contributed by atoms with Gasteiger partial charge >= 0.3 is 0 Å². The van der Waals surface area contributed by atoms with Gasteiger partial charge in [-0.2, -0.15) is 5.10 Å². The Morgan fingerprint density at radius 3 is 3.00 bits per heavy atom. The normalized spacial score (nSPS) is 10.2. The molecular formula is C10H14N2. The van der Waals surface area contributed by atoms with E-state index in [0.29, 0.717) is 12.3 Å². The van der Waals surface area contributed by atoms with Crippen molar-refractivity contribution in [3.63, 3.8) is 0 Å². The molecule has 0 aliphatic carbocycles. The molecule has 0 amide bonds. The Kier molecular flexibility index (Phi) is 2.93. The van der Waals surface area contributed by atoms with Gasteiger partial charge in [0.05, 0.1) is 12.1 Å². The van der Waals surface area contributed by atoms with Crippen molar-refractivity contribution in [3.8, 4) is 12.3 Å². The first-order valence-corrected chi connectivity index (χ1v) is 4.18. The molecule has 1 aromatic heterocycles. The molecule has 0 spiro atoms. The molecule has 0 saturated heterocycles. The maximum Gasteiger partial charge on any atom is 0.0508 e. The van der Waals surface area contributed by atoms with Crippen molar-refractivity contribution < 1.29 is 0 Å². The third kappa shape index (κ3) is 2.13. The van der Waals surface area contributed by atoms with Gasteiger partial charge in [-0.1, -0.05) is 13.8 Å². The van der Waals surface area contributed by atoms with Crippen LogP contribution >= 0.6 is 0 Å². The number of terminal acetylenes is 1. The summed E-state index contributed by atoms with van der Waals surface area (Å²) in [5.41, 5.74) is 1.13. The van der Waals surface area contributed by atoms with Crippen molar-refractivity contribution >= 4 is 0 Å². The van der Waals surface area contributed by atoms with Crippen LogP contribution in [-0.2, 0) is 13.0 Å². The van der Waals surface area contributed by atoms with E-state index >= 15 is 0 Å². The predicted molar refractivity (Wildman–Crippen MR) is 49.6 cm³/mol. The van der Waals surface area contributed by atoms with Crippen LogP contribution in [0.4, 0.5) is 0 Å². The third-order valence-electron chi connectivity index (χ3n) is 1.63. The molecule has 2 nitrogen and oxygen atoms in total. The Morgan fingerprint density at radius 1 is 1.67 bits per heavy atom. The predicted octanol–water partition coefficient (Wildman–Crippen LogP) is 1.71. The van der Waals surface area contributed by atoms with Crippen LogP contribution in [0.1, 0.15) is 19.5 Å². The molecule has 2 heteroatoms. The standard InChI is InChI=1S/C10H14N2/c1-4-5-10-6-7-11-12(10)8-9(2)3/h1,6-7,9H,5,8H2,2-3H3. The average Bonchev–Trinajstić information content (AvgIpc) is 2.37. The summed E-state index contributed by atoms with van der Waals surface area (Å²) < 4.78 is 1.98. The summed E-state index contributed by atoms with van der Waals surface area (Å²) in [6.07, 6.45) is 7.70. The Hall–Kier alpha value is -1.23. The summed E-state index contributed by atoms with van der Waals surface area (Å²) in [5.74, 6) is 3.24. The molecule has 0 fully saturated rings. The van der Waals surface area contributed by atoms with E-state index in [4.69, 9.17) is 6.42 Å². The lowest BCUT2D eigenvalue weighted by molar-refractivity contribution is 0.472. The van der Waals surface area contributed by atoms with Gasteiger partial charge in [0.15, 0.2) is 0 Å². The maximum absolute atomic E-state index is 5.23. The van der Waals surface area contributed by atoms with Gasteiger partial charge in [0.1, 0.15) is 0 Å².